The minimum absolute atomic E-state index is 0.157. The van der Waals surface area contributed by atoms with Crippen LogP contribution in [0.15, 0.2) is 23.1 Å². The van der Waals surface area contributed by atoms with Gasteiger partial charge in [0, 0.05) is 13.2 Å². The molecule has 4 nitrogen and oxygen atoms in total. The lowest BCUT2D eigenvalue weighted by molar-refractivity contribution is -0.274. The number of ether oxygens (including phenoxy) is 1. The topological polar surface area (TPSA) is 58.6 Å². The lowest BCUT2D eigenvalue weighted by Gasteiger charge is -2.11. The summed E-state index contributed by atoms with van der Waals surface area (Å²) >= 11 is 5.69. The van der Waals surface area contributed by atoms with Gasteiger partial charge in [0.05, 0.1) is 9.92 Å². The van der Waals surface area contributed by atoms with Crippen LogP contribution in [0.5, 0.6) is 5.75 Å². The van der Waals surface area contributed by atoms with Crippen LogP contribution in [-0.2, 0) is 11.0 Å². The molecule has 0 aliphatic rings. The summed E-state index contributed by atoms with van der Waals surface area (Å²) in [5.74, 6) is -0.529. The first-order valence-electron chi connectivity index (χ1n) is 6.65. The Morgan fingerprint density at radius 2 is 1.91 bits per heavy atom. The number of aliphatic hydroxyl groups is 1. The van der Waals surface area contributed by atoms with E-state index in [1.54, 1.807) is 0 Å². The van der Waals surface area contributed by atoms with Crippen molar-refractivity contribution in [1.29, 1.82) is 0 Å². The predicted octanol–water partition coefficient (Wildman–Crippen LogP) is 3.40. The van der Waals surface area contributed by atoms with Crippen molar-refractivity contribution in [1.82, 2.24) is 4.72 Å². The van der Waals surface area contributed by atoms with E-state index in [0.29, 0.717) is 6.54 Å². The summed E-state index contributed by atoms with van der Waals surface area (Å²) < 4.78 is 54.7. The Morgan fingerprint density at radius 1 is 1.23 bits per heavy atom. The minimum Gasteiger partial charge on any atom is -0.404 e. The van der Waals surface area contributed by atoms with Gasteiger partial charge in [-0.25, -0.2) is 8.93 Å². The molecule has 2 N–H and O–H groups in total. The second kappa shape index (κ2) is 9.34. The van der Waals surface area contributed by atoms with Gasteiger partial charge >= 0.3 is 6.36 Å². The van der Waals surface area contributed by atoms with Crippen molar-refractivity contribution in [3.05, 3.63) is 23.2 Å². The maximum atomic E-state index is 12.1. The van der Waals surface area contributed by atoms with Gasteiger partial charge in [0.2, 0.25) is 0 Å². The van der Waals surface area contributed by atoms with Gasteiger partial charge in [-0.2, -0.15) is 0 Å². The SMILES string of the molecule is O=S(NCCCCCCO)c1ccc(OC(F)(F)F)c(Cl)c1. The number of halogens is 4. The number of hydrogen-bond acceptors (Lipinski definition) is 3. The number of unbranched alkanes of at least 4 members (excludes halogenated alkanes) is 3. The molecule has 0 aliphatic carbocycles. The van der Waals surface area contributed by atoms with Crippen molar-refractivity contribution in [2.45, 2.75) is 36.9 Å². The molecule has 0 fully saturated rings. The Labute approximate surface area is 134 Å². The first-order valence-corrected chi connectivity index (χ1v) is 8.17. The average Bonchev–Trinajstić information content (AvgIpc) is 2.43. The van der Waals surface area contributed by atoms with Gasteiger partial charge in [0.15, 0.2) is 0 Å². The molecule has 22 heavy (non-hydrogen) atoms. The first-order chi connectivity index (χ1) is 10.3. The fraction of sp³-hybridized carbons (Fsp3) is 0.538. The average molecular weight is 360 g/mol. The minimum atomic E-state index is -4.82. The highest BCUT2D eigenvalue weighted by molar-refractivity contribution is 7.83. The Balaban J connectivity index is 2.48. The normalized spacial score (nSPS) is 13.1. The van der Waals surface area contributed by atoms with Crippen LogP contribution in [0.2, 0.25) is 5.02 Å². The lowest BCUT2D eigenvalue weighted by atomic mass is 10.2. The van der Waals surface area contributed by atoms with Gasteiger partial charge in [-0.1, -0.05) is 24.4 Å². The van der Waals surface area contributed by atoms with Crippen LogP contribution >= 0.6 is 11.6 Å². The van der Waals surface area contributed by atoms with Crippen LogP contribution in [-0.4, -0.2) is 28.8 Å². The largest absolute Gasteiger partial charge is 0.573 e. The number of aliphatic hydroxyl groups excluding tert-OH is 1. The molecule has 0 heterocycles. The van der Waals surface area contributed by atoms with E-state index in [4.69, 9.17) is 16.7 Å². The lowest BCUT2D eigenvalue weighted by Crippen LogP contribution is -2.19. The van der Waals surface area contributed by atoms with E-state index >= 15 is 0 Å². The summed E-state index contributed by atoms with van der Waals surface area (Å²) in [6, 6.07) is 3.48. The molecule has 0 bridgehead atoms. The van der Waals surface area contributed by atoms with E-state index in [1.165, 1.54) is 12.1 Å². The zero-order valence-electron chi connectivity index (χ0n) is 11.7. The number of rotatable bonds is 9. The molecule has 1 atom stereocenters. The predicted molar refractivity (Wildman–Crippen MR) is 78.1 cm³/mol. The van der Waals surface area contributed by atoms with Crippen molar-refractivity contribution < 1.29 is 27.2 Å². The number of hydrogen-bond donors (Lipinski definition) is 2. The third kappa shape index (κ3) is 7.44. The molecular weight excluding hydrogens is 343 g/mol. The fourth-order valence-electron chi connectivity index (χ4n) is 1.64. The van der Waals surface area contributed by atoms with Gasteiger partial charge < -0.3 is 9.84 Å². The van der Waals surface area contributed by atoms with E-state index in [-0.39, 0.29) is 16.5 Å². The third-order valence-electron chi connectivity index (χ3n) is 2.66. The van der Waals surface area contributed by atoms with E-state index in [9.17, 15) is 17.4 Å². The van der Waals surface area contributed by atoms with Crippen LogP contribution in [0, 0.1) is 0 Å². The number of benzene rings is 1. The third-order valence-corrected chi connectivity index (χ3v) is 4.10. The zero-order chi connectivity index (χ0) is 16.6. The molecule has 0 amide bonds. The van der Waals surface area contributed by atoms with Crippen LogP contribution in [0.3, 0.4) is 0 Å². The second-order valence-electron chi connectivity index (χ2n) is 4.44. The van der Waals surface area contributed by atoms with Gasteiger partial charge in [-0.05, 0) is 31.0 Å². The molecule has 1 unspecified atom stereocenters. The summed E-state index contributed by atoms with van der Waals surface area (Å²) in [6.45, 7) is 0.653. The molecule has 0 radical (unpaired) electrons. The van der Waals surface area contributed by atoms with Crippen molar-refractivity contribution in [3.8, 4) is 5.75 Å². The van der Waals surface area contributed by atoms with E-state index in [2.05, 4.69) is 9.46 Å². The Bertz CT molecular complexity index is 500. The van der Waals surface area contributed by atoms with Crippen molar-refractivity contribution in [2.24, 2.45) is 0 Å². The monoisotopic (exact) mass is 359 g/mol. The van der Waals surface area contributed by atoms with E-state index in [1.807, 2.05) is 0 Å². The van der Waals surface area contributed by atoms with Crippen LogP contribution < -0.4 is 9.46 Å². The Hall–Kier alpha value is -0.830. The maximum Gasteiger partial charge on any atom is 0.573 e. The molecule has 1 aromatic rings. The van der Waals surface area contributed by atoms with Crippen LogP contribution in [0.4, 0.5) is 13.2 Å². The summed E-state index contributed by atoms with van der Waals surface area (Å²) in [5, 5.41) is 8.36. The van der Waals surface area contributed by atoms with Gasteiger partial charge in [0.25, 0.3) is 0 Å². The molecule has 0 saturated heterocycles. The maximum absolute atomic E-state index is 12.1. The van der Waals surface area contributed by atoms with Crippen molar-refractivity contribution in [3.63, 3.8) is 0 Å². The molecular formula is C13H17ClF3NO3S. The molecule has 0 spiro atoms. The van der Waals surface area contributed by atoms with Crippen LogP contribution in [0.1, 0.15) is 25.7 Å². The molecule has 1 aromatic carbocycles. The zero-order valence-corrected chi connectivity index (χ0v) is 13.2. The Kier molecular flexibility index (Phi) is 8.16. The summed E-state index contributed by atoms with van der Waals surface area (Å²) in [6.07, 6.45) is -1.52. The summed E-state index contributed by atoms with van der Waals surface area (Å²) in [7, 11) is -1.55. The second-order valence-corrected chi connectivity index (χ2v) is 6.15. The highest BCUT2D eigenvalue weighted by Crippen LogP contribution is 2.31. The number of nitrogens with one attached hydrogen (secondary N) is 1. The molecule has 1 rings (SSSR count). The standard InChI is InChI=1S/C13H17ClF3NO3S/c14-11-9-10(5-6-12(11)21-13(15,16)17)22(20)18-7-3-1-2-4-8-19/h5-6,9,18-19H,1-4,7-8H2. The molecule has 9 heteroatoms. The smallest absolute Gasteiger partial charge is 0.404 e. The van der Waals surface area contributed by atoms with E-state index in [0.717, 1.165) is 31.7 Å². The summed E-state index contributed by atoms with van der Waals surface area (Å²) in [4.78, 5) is 0.273. The van der Waals surface area contributed by atoms with Gasteiger partial charge in [-0.3, -0.25) is 0 Å². The number of alkyl halides is 3. The first kappa shape index (κ1) is 19.2. The molecule has 126 valence electrons. The van der Waals surface area contributed by atoms with Gasteiger partial charge in [-0.15, -0.1) is 13.2 Å². The highest BCUT2D eigenvalue weighted by Gasteiger charge is 2.32. The Morgan fingerprint density at radius 3 is 2.50 bits per heavy atom. The quantitative estimate of drug-likeness (QED) is 0.664. The van der Waals surface area contributed by atoms with Crippen molar-refractivity contribution in [2.75, 3.05) is 13.2 Å². The fourth-order valence-corrected chi connectivity index (χ4v) is 2.84. The molecule has 0 aromatic heterocycles. The molecule has 0 aliphatic heterocycles. The van der Waals surface area contributed by atoms with Crippen LogP contribution in [0.25, 0.3) is 0 Å². The summed E-state index contributed by atoms with van der Waals surface area (Å²) in [5.41, 5.74) is 0. The molecule has 0 saturated carbocycles. The van der Waals surface area contributed by atoms with Gasteiger partial charge in [0.1, 0.15) is 16.7 Å². The highest BCUT2D eigenvalue weighted by atomic mass is 35.5. The van der Waals surface area contributed by atoms with E-state index < -0.39 is 23.1 Å². The van der Waals surface area contributed by atoms with Crippen molar-refractivity contribution >= 4 is 22.6 Å².